The molecule has 0 aliphatic rings. The lowest BCUT2D eigenvalue weighted by molar-refractivity contribution is -0.140. The molecule has 1 aromatic heterocycles. The van der Waals surface area contributed by atoms with Gasteiger partial charge in [0.2, 0.25) is 0 Å². The number of nitrogens with zero attached hydrogens (tertiary/aromatic N) is 1. The smallest absolute Gasteiger partial charge is 0.307 e. The summed E-state index contributed by atoms with van der Waals surface area (Å²) in [5.41, 5.74) is -1.78. The van der Waals surface area contributed by atoms with Gasteiger partial charge in [-0.25, -0.2) is 4.39 Å². The van der Waals surface area contributed by atoms with Gasteiger partial charge in [-0.15, -0.1) is 0 Å². The highest BCUT2D eigenvalue weighted by Gasteiger charge is 2.34. The lowest BCUT2D eigenvalue weighted by Gasteiger charge is -2.09. The number of carbonyl (C=O) groups excluding carboxylic acids is 1. The van der Waals surface area contributed by atoms with Gasteiger partial charge in [-0.05, 0) is 18.2 Å². The minimum Gasteiger partial charge on any atom is -0.307 e. The predicted molar refractivity (Wildman–Crippen MR) is 57.9 cm³/mol. The van der Waals surface area contributed by atoms with Crippen molar-refractivity contribution in [1.29, 1.82) is 0 Å². The molecule has 1 aromatic carbocycles. The number of aromatic nitrogens is 2. The molecule has 0 aliphatic carbocycles. The maximum Gasteiger partial charge on any atom is 0.419 e. The Balaban J connectivity index is 2.28. The Morgan fingerprint density at radius 2 is 2.00 bits per heavy atom. The van der Waals surface area contributed by atoms with Crippen LogP contribution in [0.15, 0.2) is 30.5 Å². The summed E-state index contributed by atoms with van der Waals surface area (Å²) in [6.45, 7) is 0. The molecule has 0 unspecified atom stereocenters. The molecular weight excluding hydrogens is 266 g/mol. The van der Waals surface area contributed by atoms with E-state index >= 15 is 0 Å². The standard InChI is InChI=1S/C11H7F4N3O/c12-8-2-1-6(5-7(8)11(13,14)15)10(19)17-9-3-4-16-18-9/h1-5H,(H2,16,17,18,19). The van der Waals surface area contributed by atoms with E-state index in [1.54, 1.807) is 0 Å². The third kappa shape index (κ3) is 2.90. The summed E-state index contributed by atoms with van der Waals surface area (Å²) >= 11 is 0. The van der Waals surface area contributed by atoms with Crippen molar-refractivity contribution in [3.05, 3.63) is 47.4 Å². The number of hydrogen-bond donors (Lipinski definition) is 2. The van der Waals surface area contributed by atoms with Crippen LogP contribution in [0.25, 0.3) is 0 Å². The summed E-state index contributed by atoms with van der Waals surface area (Å²) < 4.78 is 50.5. The van der Waals surface area contributed by atoms with Crippen LogP contribution in [0.3, 0.4) is 0 Å². The van der Waals surface area contributed by atoms with Gasteiger partial charge in [-0.2, -0.15) is 18.3 Å². The summed E-state index contributed by atoms with van der Waals surface area (Å²) in [4.78, 5) is 11.7. The van der Waals surface area contributed by atoms with Gasteiger partial charge in [0, 0.05) is 11.6 Å². The zero-order valence-corrected chi connectivity index (χ0v) is 9.25. The molecule has 0 aliphatic heterocycles. The molecular formula is C11H7F4N3O. The first kappa shape index (κ1) is 13.1. The van der Waals surface area contributed by atoms with Crippen LogP contribution < -0.4 is 5.32 Å². The first-order chi connectivity index (χ1) is 8.88. The Kier molecular flexibility index (Phi) is 3.24. The van der Waals surface area contributed by atoms with Crippen LogP contribution >= 0.6 is 0 Å². The molecule has 2 rings (SSSR count). The third-order valence-electron chi connectivity index (χ3n) is 2.28. The number of aromatic amines is 1. The number of H-pyrrole nitrogens is 1. The van der Waals surface area contributed by atoms with Crippen LogP contribution in [0.1, 0.15) is 15.9 Å². The van der Waals surface area contributed by atoms with Gasteiger partial charge >= 0.3 is 6.18 Å². The van der Waals surface area contributed by atoms with Crippen LogP contribution in [0.5, 0.6) is 0 Å². The summed E-state index contributed by atoms with van der Waals surface area (Å²) in [6, 6.07) is 3.45. The molecule has 19 heavy (non-hydrogen) atoms. The van der Waals surface area contributed by atoms with Crippen LogP contribution in [-0.2, 0) is 6.18 Å². The van der Waals surface area contributed by atoms with Crippen molar-refractivity contribution < 1.29 is 22.4 Å². The Bertz CT molecular complexity index is 592. The number of hydrogen-bond acceptors (Lipinski definition) is 2. The second-order valence-corrected chi connectivity index (χ2v) is 3.62. The SMILES string of the molecule is O=C(Nc1ccn[nH]1)c1ccc(F)c(C(F)(F)F)c1. The molecule has 0 saturated heterocycles. The van der Waals surface area contributed by atoms with E-state index < -0.39 is 23.5 Å². The molecule has 0 fully saturated rings. The average molecular weight is 273 g/mol. The van der Waals surface area contributed by atoms with E-state index in [4.69, 9.17) is 0 Å². The van der Waals surface area contributed by atoms with Crippen LogP contribution in [0.4, 0.5) is 23.4 Å². The van der Waals surface area contributed by atoms with Crippen molar-refractivity contribution in [3.63, 3.8) is 0 Å². The number of rotatable bonds is 2. The Hall–Kier alpha value is -2.38. The van der Waals surface area contributed by atoms with Crippen molar-refractivity contribution >= 4 is 11.7 Å². The van der Waals surface area contributed by atoms with Gasteiger partial charge < -0.3 is 5.32 Å². The fourth-order valence-electron chi connectivity index (χ4n) is 1.40. The molecule has 1 heterocycles. The number of amides is 1. The molecule has 1 amide bonds. The van der Waals surface area contributed by atoms with E-state index in [0.29, 0.717) is 12.1 Å². The monoisotopic (exact) mass is 273 g/mol. The van der Waals surface area contributed by atoms with Gasteiger partial charge in [0.25, 0.3) is 5.91 Å². The highest BCUT2D eigenvalue weighted by atomic mass is 19.4. The number of halogens is 4. The van der Waals surface area contributed by atoms with Gasteiger partial charge in [0.15, 0.2) is 0 Å². The largest absolute Gasteiger partial charge is 0.419 e. The molecule has 2 N–H and O–H groups in total. The Morgan fingerprint density at radius 3 is 2.58 bits per heavy atom. The first-order valence-corrected chi connectivity index (χ1v) is 5.05. The molecule has 100 valence electrons. The number of carbonyl (C=O) groups is 1. The van der Waals surface area contributed by atoms with E-state index in [1.807, 2.05) is 0 Å². The zero-order valence-electron chi connectivity index (χ0n) is 9.25. The van der Waals surface area contributed by atoms with Gasteiger partial charge in [0.05, 0.1) is 11.8 Å². The second-order valence-electron chi connectivity index (χ2n) is 3.62. The van der Waals surface area contributed by atoms with Crippen molar-refractivity contribution in [3.8, 4) is 0 Å². The van der Waals surface area contributed by atoms with Crippen molar-refractivity contribution in [2.24, 2.45) is 0 Å². The number of anilines is 1. The van der Waals surface area contributed by atoms with Crippen molar-refractivity contribution in [1.82, 2.24) is 10.2 Å². The van der Waals surface area contributed by atoms with Crippen LogP contribution in [0.2, 0.25) is 0 Å². The molecule has 0 spiro atoms. The number of benzene rings is 1. The maximum atomic E-state index is 13.0. The molecule has 0 atom stereocenters. The van der Waals surface area contributed by atoms with Gasteiger partial charge in [0.1, 0.15) is 11.6 Å². The highest BCUT2D eigenvalue weighted by Crippen LogP contribution is 2.31. The van der Waals surface area contributed by atoms with E-state index in [9.17, 15) is 22.4 Å². The van der Waals surface area contributed by atoms with Gasteiger partial charge in [-0.3, -0.25) is 9.89 Å². The minimum atomic E-state index is -4.85. The Morgan fingerprint density at radius 1 is 1.26 bits per heavy atom. The normalized spacial score (nSPS) is 11.4. The van der Waals surface area contributed by atoms with Crippen LogP contribution in [-0.4, -0.2) is 16.1 Å². The number of nitrogens with one attached hydrogen (secondary N) is 2. The second kappa shape index (κ2) is 4.71. The first-order valence-electron chi connectivity index (χ1n) is 5.05. The van der Waals surface area contributed by atoms with E-state index in [2.05, 4.69) is 15.5 Å². The average Bonchev–Trinajstić information content (AvgIpc) is 2.80. The summed E-state index contributed by atoms with van der Waals surface area (Å²) in [6.07, 6.45) is -3.49. The van der Waals surface area contributed by atoms with E-state index in [0.717, 1.165) is 6.07 Å². The lowest BCUT2D eigenvalue weighted by atomic mass is 10.1. The molecule has 8 heteroatoms. The van der Waals surface area contributed by atoms with Crippen LogP contribution in [0, 0.1) is 5.82 Å². The topological polar surface area (TPSA) is 57.8 Å². The minimum absolute atomic E-state index is 0.225. The molecule has 0 radical (unpaired) electrons. The molecule has 0 bridgehead atoms. The summed E-state index contributed by atoms with van der Waals surface area (Å²) in [7, 11) is 0. The summed E-state index contributed by atoms with van der Waals surface area (Å²) in [5, 5.41) is 8.27. The highest BCUT2D eigenvalue weighted by molar-refractivity contribution is 6.03. The third-order valence-corrected chi connectivity index (χ3v) is 2.28. The quantitative estimate of drug-likeness (QED) is 0.826. The molecule has 4 nitrogen and oxygen atoms in total. The maximum absolute atomic E-state index is 13.0. The zero-order chi connectivity index (χ0) is 14.0. The van der Waals surface area contributed by atoms with E-state index in [1.165, 1.54) is 12.3 Å². The van der Waals surface area contributed by atoms with Crippen molar-refractivity contribution in [2.75, 3.05) is 5.32 Å². The number of alkyl halides is 3. The van der Waals surface area contributed by atoms with E-state index in [-0.39, 0.29) is 11.4 Å². The fourth-order valence-corrected chi connectivity index (χ4v) is 1.40. The summed E-state index contributed by atoms with van der Waals surface area (Å²) in [5.74, 6) is -2.00. The Labute approximate surface area is 104 Å². The molecule has 2 aromatic rings. The fraction of sp³-hybridized carbons (Fsp3) is 0.0909. The predicted octanol–water partition coefficient (Wildman–Crippen LogP) is 2.82. The lowest BCUT2D eigenvalue weighted by Crippen LogP contribution is -2.15. The van der Waals surface area contributed by atoms with Crippen molar-refractivity contribution in [2.45, 2.75) is 6.18 Å². The molecule has 0 saturated carbocycles. The van der Waals surface area contributed by atoms with Gasteiger partial charge in [-0.1, -0.05) is 0 Å².